The molecule has 0 radical (unpaired) electrons. The predicted molar refractivity (Wildman–Crippen MR) is 174 cm³/mol. The number of hydrogen-bond donors (Lipinski definition) is 1. The Morgan fingerprint density at radius 2 is 1.64 bits per heavy atom. The Morgan fingerprint density at radius 3 is 2.30 bits per heavy atom. The Hall–Kier alpha value is -2.03. The van der Waals surface area contributed by atoms with Crippen LogP contribution in [0.1, 0.15) is 106 Å². The fraction of sp³-hybridized carbons (Fsp3) is 0.921. The van der Waals surface area contributed by atoms with Gasteiger partial charge in [-0.2, -0.15) is 0 Å². The first-order valence-electron chi connectivity index (χ1n) is 19.0. The topological polar surface area (TPSA) is 106 Å². The van der Waals surface area contributed by atoms with Crippen molar-refractivity contribution in [3.63, 3.8) is 0 Å². The number of rotatable bonds is 5. The molecule has 262 valence electrons. The molecule has 9 heteroatoms. The molecular weight excluding hydrogens is 596 g/mol. The predicted octanol–water partition coefficient (Wildman–Crippen LogP) is 6.83. The van der Waals surface area contributed by atoms with Gasteiger partial charge >= 0.3 is 18.2 Å². The third-order valence-corrected chi connectivity index (χ3v) is 16.0. The van der Waals surface area contributed by atoms with Gasteiger partial charge < -0.3 is 29.1 Å². The second kappa shape index (κ2) is 10.7. The average Bonchev–Trinajstić information content (AvgIpc) is 3.50. The molecule has 8 rings (SSSR count). The van der Waals surface area contributed by atoms with Crippen molar-refractivity contribution in [3.8, 4) is 0 Å². The number of ether oxygens (including phenoxy) is 3. The van der Waals surface area contributed by atoms with Crippen molar-refractivity contribution in [2.75, 3.05) is 26.2 Å². The first-order chi connectivity index (χ1) is 22.2. The summed E-state index contributed by atoms with van der Waals surface area (Å²) in [5.41, 5.74) is 0.942. The summed E-state index contributed by atoms with van der Waals surface area (Å²) in [4.78, 5) is 40.5. The van der Waals surface area contributed by atoms with Crippen molar-refractivity contribution in [1.29, 1.82) is 0 Å². The minimum Gasteiger partial charge on any atom is -0.481 e. The van der Waals surface area contributed by atoms with Crippen molar-refractivity contribution in [2.24, 2.45) is 63.1 Å². The van der Waals surface area contributed by atoms with Gasteiger partial charge in [-0.15, -0.1) is 0 Å². The van der Waals surface area contributed by atoms with Crippen LogP contribution in [0.2, 0.25) is 0 Å². The normalized spacial score (nSPS) is 46.8. The van der Waals surface area contributed by atoms with Crippen molar-refractivity contribution >= 4 is 18.2 Å². The van der Waals surface area contributed by atoms with Crippen LogP contribution < -0.4 is 0 Å². The summed E-state index contributed by atoms with van der Waals surface area (Å²) in [7, 11) is 0. The van der Waals surface area contributed by atoms with E-state index in [9.17, 15) is 19.5 Å². The molecule has 3 saturated heterocycles. The smallest absolute Gasteiger partial charge is 0.410 e. The van der Waals surface area contributed by atoms with Gasteiger partial charge in [0.1, 0.15) is 12.2 Å². The van der Waals surface area contributed by atoms with Gasteiger partial charge in [0.25, 0.3) is 0 Å². The summed E-state index contributed by atoms with van der Waals surface area (Å²) in [6.07, 6.45) is 10.9. The molecule has 3 heterocycles. The van der Waals surface area contributed by atoms with E-state index < -0.39 is 11.9 Å². The molecule has 47 heavy (non-hydrogen) atoms. The molecule has 8 fully saturated rings. The van der Waals surface area contributed by atoms with Gasteiger partial charge in [0.15, 0.2) is 0 Å². The van der Waals surface area contributed by atoms with E-state index in [1.165, 1.54) is 32.1 Å². The lowest BCUT2D eigenvalue weighted by molar-refractivity contribution is -0.168. The number of carbonyl (C=O) groups excluding carboxylic acids is 2. The van der Waals surface area contributed by atoms with Crippen molar-refractivity contribution in [2.45, 2.75) is 130 Å². The zero-order valence-electron chi connectivity index (χ0n) is 29.5. The number of likely N-dealkylation sites (tertiary alicyclic amines) is 2. The number of amides is 2. The summed E-state index contributed by atoms with van der Waals surface area (Å²) in [5, 5.41) is 9.24. The number of nitrogens with zero attached hydrogens (tertiary/aromatic N) is 2. The van der Waals surface area contributed by atoms with Crippen LogP contribution in [0.25, 0.3) is 0 Å². The number of carbonyl (C=O) groups is 3. The van der Waals surface area contributed by atoms with E-state index in [1.807, 2.05) is 4.90 Å². The van der Waals surface area contributed by atoms with E-state index in [2.05, 4.69) is 41.5 Å². The minimum absolute atomic E-state index is 0.0396. The maximum absolute atomic E-state index is 13.0. The molecule has 5 saturated carbocycles. The molecule has 12 atom stereocenters. The number of hydrogen-bond acceptors (Lipinski definition) is 6. The standard InChI is InChI=1S/C38H58N2O7/c1-21(2)31(47-33(43)39-14-7-15-39)27-16-22(3)30-26(45-27)17-25-24-8-9-28-35(4,5)29(46-34(44)40-18-23(19-40)32(41)42)10-11-38(28)20-37(24,38)13-12-36(25,30)6/h21-31H,7-20H2,1-6H3,(H,41,42)/t22-,24?,25?,26?,27?,28+,29?,30+,31?,36?,37?,38?/m1/s1. The first kappa shape index (κ1) is 32.2. The van der Waals surface area contributed by atoms with Gasteiger partial charge in [-0.3, -0.25) is 4.79 Å². The van der Waals surface area contributed by atoms with Crippen LogP contribution in [-0.4, -0.2) is 83.7 Å². The summed E-state index contributed by atoms with van der Waals surface area (Å²) in [6.45, 7) is 16.2. The Labute approximate surface area is 280 Å². The molecule has 1 N–H and O–H groups in total. The highest BCUT2D eigenvalue weighted by Crippen LogP contribution is 2.87. The number of carboxylic acids is 1. The maximum atomic E-state index is 13.0. The molecule has 8 aliphatic rings. The highest BCUT2D eigenvalue weighted by Gasteiger charge is 2.81. The minimum atomic E-state index is -0.835. The average molecular weight is 655 g/mol. The van der Waals surface area contributed by atoms with Gasteiger partial charge in [0.05, 0.1) is 18.1 Å². The Morgan fingerprint density at radius 1 is 0.894 bits per heavy atom. The van der Waals surface area contributed by atoms with E-state index in [-0.39, 0.29) is 66.4 Å². The van der Waals surface area contributed by atoms with Crippen molar-refractivity contribution in [1.82, 2.24) is 9.80 Å². The van der Waals surface area contributed by atoms with Crippen molar-refractivity contribution < 1.29 is 33.7 Å². The van der Waals surface area contributed by atoms with Crippen LogP contribution in [0, 0.1) is 63.1 Å². The third-order valence-electron chi connectivity index (χ3n) is 16.0. The Bertz CT molecular complexity index is 1310. The van der Waals surface area contributed by atoms with Gasteiger partial charge in [0.2, 0.25) is 0 Å². The fourth-order valence-corrected chi connectivity index (χ4v) is 13.6. The molecule has 0 bridgehead atoms. The van der Waals surface area contributed by atoms with Crippen LogP contribution in [0.3, 0.4) is 0 Å². The van der Waals surface area contributed by atoms with Gasteiger partial charge in [-0.25, -0.2) is 9.59 Å². The van der Waals surface area contributed by atoms with E-state index in [0.29, 0.717) is 34.5 Å². The van der Waals surface area contributed by atoms with Crippen LogP contribution in [0.15, 0.2) is 0 Å². The summed E-state index contributed by atoms with van der Waals surface area (Å²) >= 11 is 0. The van der Waals surface area contributed by atoms with E-state index in [0.717, 1.165) is 51.1 Å². The van der Waals surface area contributed by atoms with E-state index in [4.69, 9.17) is 14.2 Å². The Kier molecular flexibility index (Phi) is 7.35. The quantitative estimate of drug-likeness (QED) is 0.347. The lowest BCUT2D eigenvalue weighted by Gasteiger charge is -2.60. The monoisotopic (exact) mass is 654 g/mol. The molecule has 0 aromatic carbocycles. The molecule has 5 aliphatic carbocycles. The molecular formula is C38H58N2O7. The Balaban J connectivity index is 0.965. The highest BCUT2D eigenvalue weighted by molar-refractivity contribution is 5.76. The summed E-state index contributed by atoms with van der Waals surface area (Å²) in [6, 6.07) is 0. The molecule has 2 spiro atoms. The van der Waals surface area contributed by atoms with Gasteiger partial charge in [-0.1, -0.05) is 41.5 Å². The zero-order valence-corrected chi connectivity index (χ0v) is 29.5. The van der Waals surface area contributed by atoms with Crippen LogP contribution in [0.5, 0.6) is 0 Å². The number of fused-ring (bicyclic) bond motifs is 4. The molecule has 9 unspecified atom stereocenters. The van der Waals surface area contributed by atoms with Gasteiger partial charge in [-0.05, 0) is 116 Å². The number of carboxylic acid groups (broad SMARTS) is 1. The van der Waals surface area contributed by atoms with Crippen LogP contribution in [-0.2, 0) is 19.0 Å². The fourth-order valence-electron chi connectivity index (χ4n) is 13.6. The maximum Gasteiger partial charge on any atom is 0.410 e. The molecule has 0 aromatic heterocycles. The number of aliphatic carboxylic acids is 1. The molecule has 9 nitrogen and oxygen atoms in total. The van der Waals surface area contributed by atoms with Gasteiger partial charge in [0, 0.05) is 31.6 Å². The first-order valence-corrected chi connectivity index (χ1v) is 19.0. The van der Waals surface area contributed by atoms with E-state index in [1.54, 1.807) is 4.90 Å². The molecule has 3 aliphatic heterocycles. The van der Waals surface area contributed by atoms with Crippen LogP contribution in [0.4, 0.5) is 9.59 Å². The zero-order chi connectivity index (χ0) is 33.3. The largest absolute Gasteiger partial charge is 0.481 e. The third kappa shape index (κ3) is 4.52. The van der Waals surface area contributed by atoms with Crippen LogP contribution >= 0.6 is 0 Å². The highest BCUT2D eigenvalue weighted by atomic mass is 16.6. The lowest BCUT2D eigenvalue weighted by atomic mass is 9.46. The summed E-state index contributed by atoms with van der Waals surface area (Å²) in [5.74, 6) is 1.95. The van der Waals surface area contributed by atoms with E-state index >= 15 is 0 Å². The lowest BCUT2D eigenvalue weighted by Crippen LogP contribution is -2.57. The van der Waals surface area contributed by atoms with Crippen molar-refractivity contribution in [3.05, 3.63) is 0 Å². The SMILES string of the molecule is CC(C)C(OC(=O)N1CCC1)C1C[C@@H](C)[C@H]2C(CC3C4CC[C@H]5C(C)(C)C(OC(=O)N6CC(C(=O)O)C6)CCC56CC46CCC32C)O1. The second-order valence-corrected chi connectivity index (χ2v) is 18.6. The molecule has 0 aromatic rings. The molecule has 2 amide bonds. The second-order valence-electron chi connectivity index (χ2n) is 18.6. The summed E-state index contributed by atoms with van der Waals surface area (Å²) < 4.78 is 19.4.